The zero-order valence-corrected chi connectivity index (χ0v) is 24.0. The van der Waals surface area contributed by atoms with Crippen LogP contribution in [0.2, 0.25) is 0 Å². The number of carboxylic acids is 1. The summed E-state index contributed by atoms with van der Waals surface area (Å²) < 4.78 is 31.7. The summed E-state index contributed by atoms with van der Waals surface area (Å²) in [4.78, 5) is 42.2. The van der Waals surface area contributed by atoms with Crippen molar-refractivity contribution >= 4 is 23.5 Å². The number of pyridine rings is 1. The molecule has 0 saturated heterocycles. The van der Waals surface area contributed by atoms with E-state index < -0.39 is 23.7 Å². The van der Waals surface area contributed by atoms with Gasteiger partial charge < -0.3 is 10.4 Å². The molecule has 0 saturated carbocycles. The molecule has 2 aromatic carbocycles. The summed E-state index contributed by atoms with van der Waals surface area (Å²) in [5.74, 6) is -3.16. The zero-order chi connectivity index (χ0) is 31.0. The molecule has 0 spiro atoms. The first-order chi connectivity index (χ1) is 18.9. The minimum Gasteiger partial charge on any atom is -0.475 e. The number of carboxylic acid groups (broad SMARTS) is 1. The van der Waals surface area contributed by atoms with Gasteiger partial charge in [0.2, 0.25) is 11.8 Å². The molecule has 2 N–H and O–H groups in total. The topological polar surface area (TPSA) is 99.6 Å². The molecule has 1 unspecified atom stereocenters. The van der Waals surface area contributed by atoms with Gasteiger partial charge >= 0.3 is 12.1 Å². The van der Waals surface area contributed by atoms with E-state index in [4.69, 9.17) is 9.90 Å². The standard InChI is InChI=1S/C29H35N3O2.C2HF3O2/c1-28(2,3)23-14-16-24(17-15-23)32(25(33)19-21-11-8-7-9-12-21)26(22-13-10-18-30-20-22)27(34)31-29(4,5)6;3-2(4,5)1(6)7/h7-18,20,26H,19H2,1-6H3,(H,31,34);(H,6,7). The van der Waals surface area contributed by atoms with Crippen LogP contribution in [0.3, 0.4) is 0 Å². The Morgan fingerprint density at radius 2 is 1.44 bits per heavy atom. The number of aliphatic carboxylic acids is 1. The normalized spacial score (nSPS) is 12.4. The minimum atomic E-state index is -5.08. The van der Waals surface area contributed by atoms with Gasteiger partial charge in [-0.25, -0.2) is 4.79 Å². The van der Waals surface area contributed by atoms with E-state index in [1.165, 1.54) is 0 Å². The van der Waals surface area contributed by atoms with E-state index in [-0.39, 0.29) is 23.7 Å². The second-order valence-corrected chi connectivity index (χ2v) is 11.5. The fourth-order valence-corrected chi connectivity index (χ4v) is 3.81. The van der Waals surface area contributed by atoms with Gasteiger partial charge in [0.25, 0.3) is 0 Å². The summed E-state index contributed by atoms with van der Waals surface area (Å²) in [5, 5.41) is 10.2. The number of carbonyl (C=O) groups is 3. The fraction of sp³-hybridized carbons (Fsp3) is 0.355. The van der Waals surface area contributed by atoms with Crippen molar-refractivity contribution in [3.05, 3.63) is 95.8 Å². The maximum absolute atomic E-state index is 13.8. The number of amides is 2. The van der Waals surface area contributed by atoms with Crippen LogP contribution in [0.1, 0.15) is 64.3 Å². The van der Waals surface area contributed by atoms with Crippen molar-refractivity contribution in [3.63, 3.8) is 0 Å². The predicted octanol–water partition coefficient (Wildman–Crippen LogP) is 6.24. The van der Waals surface area contributed by atoms with Gasteiger partial charge in [0.1, 0.15) is 6.04 Å². The molecule has 1 atom stereocenters. The summed E-state index contributed by atoms with van der Waals surface area (Å²) >= 11 is 0. The van der Waals surface area contributed by atoms with Crippen LogP contribution in [0.4, 0.5) is 18.9 Å². The van der Waals surface area contributed by atoms with Gasteiger partial charge in [-0.2, -0.15) is 13.2 Å². The van der Waals surface area contributed by atoms with Gasteiger partial charge in [0, 0.05) is 29.2 Å². The Bertz CT molecular complexity index is 1300. The number of nitrogens with zero attached hydrogens (tertiary/aromatic N) is 2. The molecule has 10 heteroatoms. The Morgan fingerprint density at radius 1 is 0.878 bits per heavy atom. The van der Waals surface area contributed by atoms with Gasteiger partial charge in [-0.1, -0.05) is 69.3 Å². The molecule has 0 aliphatic rings. The van der Waals surface area contributed by atoms with Crippen LogP contribution in [0, 0.1) is 0 Å². The number of anilines is 1. The van der Waals surface area contributed by atoms with E-state index in [1.54, 1.807) is 23.4 Å². The first-order valence-electron chi connectivity index (χ1n) is 12.9. The highest BCUT2D eigenvalue weighted by molar-refractivity contribution is 6.02. The summed E-state index contributed by atoms with van der Waals surface area (Å²) in [5.41, 5.74) is 2.90. The number of carbonyl (C=O) groups excluding carboxylic acids is 2. The number of halogens is 3. The number of hydrogen-bond donors (Lipinski definition) is 2. The molecule has 0 fully saturated rings. The first-order valence-corrected chi connectivity index (χ1v) is 12.9. The second kappa shape index (κ2) is 13.4. The third kappa shape index (κ3) is 10.4. The van der Waals surface area contributed by atoms with Crippen molar-refractivity contribution in [1.29, 1.82) is 0 Å². The zero-order valence-electron chi connectivity index (χ0n) is 24.0. The van der Waals surface area contributed by atoms with Crippen LogP contribution in [-0.2, 0) is 26.2 Å². The van der Waals surface area contributed by atoms with E-state index in [9.17, 15) is 22.8 Å². The van der Waals surface area contributed by atoms with Gasteiger partial charge in [0.05, 0.1) is 6.42 Å². The Morgan fingerprint density at radius 3 is 1.88 bits per heavy atom. The van der Waals surface area contributed by atoms with Crippen LogP contribution in [0.5, 0.6) is 0 Å². The van der Waals surface area contributed by atoms with Crippen LogP contribution in [-0.4, -0.2) is 39.6 Å². The molecule has 0 aliphatic carbocycles. The highest BCUT2D eigenvalue weighted by atomic mass is 19.4. The summed E-state index contributed by atoms with van der Waals surface area (Å²) in [6.07, 6.45) is -1.59. The van der Waals surface area contributed by atoms with Crippen LogP contribution >= 0.6 is 0 Å². The maximum atomic E-state index is 13.8. The van der Waals surface area contributed by atoms with E-state index in [0.29, 0.717) is 11.3 Å². The second-order valence-electron chi connectivity index (χ2n) is 11.5. The van der Waals surface area contributed by atoms with Gasteiger partial charge in [-0.05, 0) is 55.5 Å². The Hall–Kier alpha value is -4.21. The molecule has 3 rings (SSSR count). The molecule has 7 nitrogen and oxygen atoms in total. The molecule has 220 valence electrons. The molecule has 2 amide bonds. The Labute approximate surface area is 238 Å². The molecule has 41 heavy (non-hydrogen) atoms. The Kier molecular flexibility index (Phi) is 10.8. The summed E-state index contributed by atoms with van der Waals surface area (Å²) in [6, 6.07) is 20.3. The number of aromatic nitrogens is 1. The average Bonchev–Trinajstić information content (AvgIpc) is 2.86. The lowest BCUT2D eigenvalue weighted by molar-refractivity contribution is -0.192. The van der Waals surface area contributed by atoms with Crippen molar-refractivity contribution in [3.8, 4) is 0 Å². The third-order valence-corrected chi connectivity index (χ3v) is 5.73. The van der Waals surface area contributed by atoms with E-state index in [1.807, 2.05) is 81.4 Å². The van der Waals surface area contributed by atoms with Gasteiger partial charge in [-0.3, -0.25) is 19.5 Å². The van der Waals surface area contributed by atoms with Gasteiger partial charge in [-0.15, -0.1) is 0 Å². The number of hydrogen-bond acceptors (Lipinski definition) is 4. The van der Waals surface area contributed by atoms with Crippen molar-refractivity contribution < 1.29 is 32.7 Å². The monoisotopic (exact) mass is 571 g/mol. The lowest BCUT2D eigenvalue weighted by atomic mass is 9.87. The smallest absolute Gasteiger partial charge is 0.475 e. The molecular weight excluding hydrogens is 535 g/mol. The highest BCUT2D eigenvalue weighted by Gasteiger charge is 2.38. The van der Waals surface area contributed by atoms with E-state index in [2.05, 4.69) is 31.1 Å². The van der Waals surface area contributed by atoms with Crippen LogP contribution in [0.25, 0.3) is 0 Å². The Balaban J connectivity index is 0.000000745. The number of nitrogens with one attached hydrogen (secondary N) is 1. The maximum Gasteiger partial charge on any atom is 0.490 e. The molecule has 0 radical (unpaired) electrons. The van der Waals surface area contributed by atoms with Crippen LogP contribution in [0.15, 0.2) is 79.1 Å². The van der Waals surface area contributed by atoms with Gasteiger partial charge in [0.15, 0.2) is 0 Å². The predicted molar refractivity (Wildman–Crippen MR) is 151 cm³/mol. The average molecular weight is 572 g/mol. The fourth-order valence-electron chi connectivity index (χ4n) is 3.81. The summed E-state index contributed by atoms with van der Waals surface area (Å²) in [6.45, 7) is 12.2. The molecule has 1 aromatic heterocycles. The van der Waals surface area contributed by atoms with E-state index >= 15 is 0 Å². The largest absolute Gasteiger partial charge is 0.490 e. The quantitative estimate of drug-likeness (QED) is 0.365. The minimum absolute atomic E-state index is 0.0240. The first kappa shape index (κ1) is 33.0. The summed E-state index contributed by atoms with van der Waals surface area (Å²) in [7, 11) is 0. The lowest BCUT2D eigenvalue weighted by Crippen LogP contribution is -2.49. The van der Waals surface area contributed by atoms with Crippen molar-refractivity contribution in [2.24, 2.45) is 0 Å². The van der Waals surface area contributed by atoms with Crippen molar-refractivity contribution in [2.45, 2.75) is 71.1 Å². The SMILES string of the molecule is CC(C)(C)NC(=O)C(c1cccnc1)N(C(=O)Cc1ccccc1)c1ccc(C(C)(C)C)cc1.O=C(O)C(F)(F)F. The molecule has 0 bridgehead atoms. The van der Waals surface area contributed by atoms with E-state index in [0.717, 1.165) is 11.1 Å². The lowest BCUT2D eigenvalue weighted by Gasteiger charge is -2.34. The number of rotatable bonds is 6. The molecule has 0 aliphatic heterocycles. The van der Waals surface area contributed by atoms with Crippen molar-refractivity contribution in [1.82, 2.24) is 10.3 Å². The van der Waals surface area contributed by atoms with Crippen molar-refractivity contribution in [2.75, 3.05) is 4.90 Å². The third-order valence-electron chi connectivity index (χ3n) is 5.73. The molecule has 3 aromatic rings. The highest BCUT2D eigenvalue weighted by Crippen LogP contribution is 2.31. The number of benzene rings is 2. The van der Waals surface area contributed by atoms with Crippen LogP contribution < -0.4 is 10.2 Å². The number of alkyl halides is 3. The molecule has 1 heterocycles. The molecular formula is C31H36F3N3O4.